The summed E-state index contributed by atoms with van der Waals surface area (Å²) >= 11 is 6.31. The highest BCUT2D eigenvalue weighted by molar-refractivity contribution is 6.32. The number of aryl methyl sites for hydroxylation is 2. The van der Waals surface area contributed by atoms with E-state index in [1.165, 1.54) is 0 Å². The third-order valence-corrected chi connectivity index (χ3v) is 3.72. The van der Waals surface area contributed by atoms with Crippen molar-refractivity contribution in [3.63, 3.8) is 0 Å². The van der Waals surface area contributed by atoms with Crippen molar-refractivity contribution in [3.05, 3.63) is 64.1 Å². The molecule has 0 unspecified atom stereocenters. The Hall–Kier alpha value is -2.67. The summed E-state index contributed by atoms with van der Waals surface area (Å²) in [6.07, 6.45) is 0. The Morgan fingerprint density at radius 1 is 1.25 bits per heavy atom. The maximum atomic E-state index is 12.3. The van der Waals surface area contributed by atoms with E-state index in [4.69, 9.17) is 20.8 Å². The third-order valence-electron chi connectivity index (χ3n) is 3.34. The van der Waals surface area contributed by atoms with Crippen LogP contribution >= 0.6 is 11.6 Å². The Kier molecular flexibility index (Phi) is 4.61. The number of rotatable bonds is 5. The van der Waals surface area contributed by atoms with E-state index in [2.05, 4.69) is 15.3 Å². The van der Waals surface area contributed by atoms with Gasteiger partial charge in [0.05, 0.1) is 12.2 Å². The van der Waals surface area contributed by atoms with Gasteiger partial charge in [-0.1, -0.05) is 41.9 Å². The van der Waals surface area contributed by atoms with Crippen molar-refractivity contribution in [2.75, 3.05) is 0 Å². The molecule has 0 spiro atoms. The van der Waals surface area contributed by atoms with E-state index in [9.17, 15) is 4.79 Å². The number of hydrogen-bond acceptors (Lipinski definition) is 6. The number of hydrogen-bond donors (Lipinski definition) is 0. The predicted molar refractivity (Wildman–Crippen MR) is 85.7 cm³/mol. The average Bonchev–Trinajstić information content (AvgIpc) is 3.10. The van der Waals surface area contributed by atoms with E-state index in [0.29, 0.717) is 18.1 Å². The number of halogens is 1. The van der Waals surface area contributed by atoms with Crippen LogP contribution in [0.5, 0.6) is 0 Å². The van der Waals surface area contributed by atoms with Gasteiger partial charge in [-0.2, -0.15) is 5.10 Å². The second-order valence-corrected chi connectivity index (χ2v) is 5.54. The first-order chi connectivity index (χ1) is 11.5. The predicted octanol–water partition coefficient (Wildman–Crippen LogP) is 2.94. The summed E-state index contributed by atoms with van der Waals surface area (Å²) in [6.45, 7) is 3.73. The summed E-state index contributed by atoms with van der Waals surface area (Å²) in [5.41, 5.74) is 1.77. The molecule has 2 aromatic heterocycles. The molecule has 0 aliphatic rings. The van der Waals surface area contributed by atoms with Crippen LogP contribution in [-0.2, 0) is 17.9 Å². The smallest absolute Gasteiger partial charge is 0.343 e. The van der Waals surface area contributed by atoms with E-state index in [1.54, 1.807) is 18.5 Å². The van der Waals surface area contributed by atoms with E-state index in [0.717, 1.165) is 5.56 Å². The normalized spacial score (nSPS) is 10.8. The van der Waals surface area contributed by atoms with E-state index in [-0.39, 0.29) is 23.2 Å². The fourth-order valence-corrected chi connectivity index (χ4v) is 2.55. The van der Waals surface area contributed by atoms with Crippen molar-refractivity contribution in [1.29, 1.82) is 0 Å². The first-order valence-electron chi connectivity index (χ1n) is 7.27. The highest BCUT2D eigenvalue weighted by atomic mass is 35.5. The second kappa shape index (κ2) is 6.84. The quantitative estimate of drug-likeness (QED) is 0.660. The van der Waals surface area contributed by atoms with Crippen molar-refractivity contribution < 1.29 is 13.9 Å². The number of nitrogens with zero attached hydrogens (tertiary/aromatic N) is 4. The van der Waals surface area contributed by atoms with Crippen LogP contribution in [0, 0.1) is 13.8 Å². The van der Waals surface area contributed by atoms with Gasteiger partial charge in [0, 0.05) is 6.92 Å². The van der Waals surface area contributed by atoms with Crippen molar-refractivity contribution in [1.82, 2.24) is 20.0 Å². The minimum absolute atomic E-state index is 0.112. The molecular weight excluding hydrogens is 332 g/mol. The van der Waals surface area contributed by atoms with Gasteiger partial charge < -0.3 is 9.15 Å². The molecule has 0 aliphatic carbocycles. The van der Waals surface area contributed by atoms with Gasteiger partial charge in [-0.25, -0.2) is 9.48 Å². The Morgan fingerprint density at radius 2 is 2.00 bits per heavy atom. The fourth-order valence-electron chi connectivity index (χ4n) is 2.24. The molecule has 3 rings (SSSR count). The standard InChI is InChI=1S/C16H15ClN4O3/c1-10-14(16(22)23-9-13-19-18-11(2)24-13)15(17)21(20-10)8-12-6-4-3-5-7-12/h3-7H,8-9H2,1-2H3. The van der Waals surface area contributed by atoms with Crippen LogP contribution in [0.2, 0.25) is 5.15 Å². The molecule has 0 aliphatic heterocycles. The molecule has 0 N–H and O–H groups in total. The Morgan fingerprint density at radius 3 is 2.67 bits per heavy atom. The van der Waals surface area contributed by atoms with Gasteiger partial charge in [-0.15, -0.1) is 10.2 Å². The molecule has 0 saturated carbocycles. The molecule has 7 nitrogen and oxygen atoms in total. The number of aromatic nitrogens is 4. The van der Waals surface area contributed by atoms with Crippen LogP contribution in [0.15, 0.2) is 34.7 Å². The molecule has 0 fully saturated rings. The zero-order valence-corrected chi connectivity index (χ0v) is 13.9. The van der Waals surface area contributed by atoms with Gasteiger partial charge in [-0.3, -0.25) is 0 Å². The van der Waals surface area contributed by atoms with E-state index < -0.39 is 5.97 Å². The van der Waals surface area contributed by atoms with Crippen LogP contribution in [0.1, 0.15) is 33.4 Å². The molecule has 1 aromatic carbocycles. The van der Waals surface area contributed by atoms with Crippen LogP contribution in [0.25, 0.3) is 0 Å². The first kappa shape index (κ1) is 16.2. The molecule has 0 amide bonds. The van der Waals surface area contributed by atoms with Gasteiger partial charge in [0.15, 0.2) is 6.61 Å². The van der Waals surface area contributed by atoms with E-state index >= 15 is 0 Å². The third kappa shape index (κ3) is 3.46. The Bertz CT molecular complexity index is 858. The lowest BCUT2D eigenvalue weighted by Gasteiger charge is -2.04. The Balaban J connectivity index is 1.74. The van der Waals surface area contributed by atoms with Crippen molar-refractivity contribution in [2.45, 2.75) is 27.0 Å². The molecule has 3 aromatic rings. The summed E-state index contributed by atoms with van der Waals surface area (Å²) in [4.78, 5) is 12.3. The number of carbonyl (C=O) groups is 1. The highest BCUT2D eigenvalue weighted by Crippen LogP contribution is 2.22. The lowest BCUT2D eigenvalue weighted by atomic mass is 10.2. The topological polar surface area (TPSA) is 83.0 Å². The van der Waals surface area contributed by atoms with Crippen molar-refractivity contribution in [2.24, 2.45) is 0 Å². The SMILES string of the molecule is Cc1nnc(COC(=O)c2c(C)nn(Cc3ccccc3)c2Cl)o1. The van der Waals surface area contributed by atoms with Crippen LogP contribution in [-0.4, -0.2) is 25.9 Å². The second-order valence-electron chi connectivity index (χ2n) is 5.19. The number of ether oxygens (including phenoxy) is 1. The fraction of sp³-hybridized carbons (Fsp3) is 0.250. The molecule has 0 atom stereocenters. The van der Waals surface area contributed by atoms with Gasteiger partial charge >= 0.3 is 5.97 Å². The summed E-state index contributed by atoms with van der Waals surface area (Å²) in [5.74, 6) is 0.0601. The molecular formula is C16H15ClN4O3. The largest absolute Gasteiger partial charge is 0.452 e. The van der Waals surface area contributed by atoms with Crippen molar-refractivity contribution in [3.8, 4) is 0 Å². The number of benzene rings is 1. The lowest BCUT2D eigenvalue weighted by molar-refractivity contribution is 0.0436. The summed E-state index contributed by atoms with van der Waals surface area (Å²) in [6, 6.07) is 9.72. The van der Waals surface area contributed by atoms with Gasteiger partial charge in [-0.05, 0) is 12.5 Å². The molecule has 0 saturated heterocycles. The van der Waals surface area contributed by atoms with Crippen molar-refractivity contribution >= 4 is 17.6 Å². The minimum Gasteiger partial charge on any atom is -0.452 e. The first-order valence-corrected chi connectivity index (χ1v) is 7.65. The monoisotopic (exact) mass is 346 g/mol. The number of esters is 1. The zero-order valence-electron chi connectivity index (χ0n) is 13.2. The molecule has 24 heavy (non-hydrogen) atoms. The van der Waals surface area contributed by atoms with Crippen LogP contribution < -0.4 is 0 Å². The summed E-state index contributed by atoms with van der Waals surface area (Å²) < 4.78 is 11.9. The van der Waals surface area contributed by atoms with Crippen LogP contribution in [0.3, 0.4) is 0 Å². The van der Waals surface area contributed by atoms with E-state index in [1.807, 2.05) is 30.3 Å². The molecule has 124 valence electrons. The van der Waals surface area contributed by atoms with Gasteiger partial charge in [0.25, 0.3) is 5.89 Å². The zero-order chi connectivity index (χ0) is 17.1. The van der Waals surface area contributed by atoms with Crippen LogP contribution in [0.4, 0.5) is 0 Å². The maximum absolute atomic E-state index is 12.3. The maximum Gasteiger partial charge on any atom is 0.343 e. The molecule has 2 heterocycles. The Labute approximate surface area is 143 Å². The molecule has 0 bridgehead atoms. The van der Waals surface area contributed by atoms with Gasteiger partial charge in [0.1, 0.15) is 10.7 Å². The lowest BCUT2D eigenvalue weighted by Crippen LogP contribution is -2.07. The summed E-state index contributed by atoms with van der Waals surface area (Å²) in [7, 11) is 0. The molecule has 0 radical (unpaired) electrons. The summed E-state index contributed by atoms with van der Waals surface area (Å²) in [5, 5.41) is 12.0. The minimum atomic E-state index is -0.576. The van der Waals surface area contributed by atoms with Gasteiger partial charge in [0.2, 0.25) is 5.89 Å². The average molecular weight is 347 g/mol. The molecule has 8 heteroatoms. The highest BCUT2D eigenvalue weighted by Gasteiger charge is 2.22. The number of carbonyl (C=O) groups excluding carboxylic acids is 1.